The zero-order valence-electron chi connectivity index (χ0n) is 11.1. The third kappa shape index (κ3) is 8.39. The van der Waals surface area contributed by atoms with Crippen molar-refractivity contribution in [1.29, 1.82) is 0 Å². The SMILES string of the molecule is CCC[Si](C)(C)O[Si]O[Si](C)(C)CCC. The topological polar surface area (TPSA) is 18.5 Å². The fraction of sp³-hybridized carbons (Fsp3) is 1.00. The molecule has 0 heterocycles. The van der Waals surface area contributed by atoms with Gasteiger partial charge in [-0.1, -0.05) is 26.7 Å². The normalized spacial score (nSPS) is 13.2. The molecule has 0 aromatic carbocycles. The molecule has 0 fully saturated rings. The molecule has 0 atom stereocenters. The highest BCUT2D eigenvalue weighted by Crippen LogP contribution is 2.16. The largest absolute Gasteiger partial charge is 0.435 e. The first kappa shape index (κ1) is 15.6. The smallest absolute Gasteiger partial charge is 0.410 e. The van der Waals surface area contributed by atoms with Gasteiger partial charge in [0, 0.05) is 0 Å². The zero-order valence-corrected chi connectivity index (χ0v) is 14.1. The molecule has 2 nitrogen and oxygen atoms in total. The summed E-state index contributed by atoms with van der Waals surface area (Å²) in [5.41, 5.74) is 0. The van der Waals surface area contributed by atoms with Crippen LogP contribution in [0.4, 0.5) is 0 Å². The van der Waals surface area contributed by atoms with Crippen LogP contribution < -0.4 is 0 Å². The van der Waals surface area contributed by atoms with Gasteiger partial charge in [-0.15, -0.1) is 0 Å². The maximum atomic E-state index is 5.93. The van der Waals surface area contributed by atoms with E-state index in [2.05, 4.69) is 40.0 Å². The summed E-state index contributed by atoms with van der Waals surface area (Å²) in [6.45, 7) is 13.6. The molecule has 2 radical (unpaired) electrons. The molecule has 0 saturated heterocycles. The highest BCUT2D eigenvalue weighted by Gasteiger charge is 2.26. The van der Waals surface area contributed by atoms with Crippen LogP contribution in [0.25, 0.3) is 0 Å². The van der Waals surface area contributed by atoms with Crippen molar-refractivity contribution in [1.82, 2.24) is 0 Å². The molecule has 0 aliphatic carbocycles. The van der Waals surface area contributed by atoms with E-state index >= 15 is 0 Å². The second kappa shape index (κ2) is 7.01. The lowest BCUT2D eigenvalue weighted by molar-refractivity contribution is 0.447. The van der Waals surface area contributed by atoms with Crippen molar-refractivity contribution in [3.05, 3.63) is 0 Å². The highest BCUT2D eigenvalue weighted by molar-refractivity contribution is 6.78. The lowest BCUT2D eigenvalue weighted by atomic mass is 10.6. The van der Waals surface area contributed by atoms with Crippen LogP contribution in [0.1, 0.15) is 26.7 Å². The van der Waals surface area contributed by atoms with Gasteiger partial charge in [0.1, 0.15) is 0 Å². The van der Waals surface area contributed by atoms with E-state index in [4.69, 9.17) is 8.23 Å². The van der Waals surface area contributed by atoms with Gasteiger partial charge in [0.15, 0.2) is 16.6 Å². The molecule has 0 N–H and O–H groups in total. The van der Waals surface area contributed by atoms with Crippen LogP contribution in [-0.2, 0) is 8.23 Å². The van der Waals surface area contributed by atoms with Crippen LogP contribution >= 0.6 is 0 Å². The van der Waals surface area contributed by atoms with Gasteiger partial charge >= 0.3 is 10.0 Å². The molecule has 0 amide bonds. The fourth-order valence-electron chi connectivity index (χ4n) is 1.55. The minimum absolute atomic E-state index is 0.278. The summed E-state index contributed by atoms with van der Waals surface area (Å²) in [5.74, 6) is 0. The van der Waals surface area contributed by atoms with Gasteiger partial charge in [-0.25, -0.2) is 0 Å². The lowest BCUT2D eigenvalue weighted by Gasteiger charge is -2.26. The molecule has 0 rings (SSSR count). The molecule has 0 aliphatic heterocycles. The molecule has 0 aliphatic rings. The Morgan fingerprint density at radius 3 is 1.40 bits per heavy atom. The average molecular weight is 263 g/mol. The maximum Gasteiger partial charge on any atom is 0.410 e. The third-order valence-corrected chi connectivity index (χ3v) is 10.8. The van der Waals surface area contributed by atoms with Gasteiger partial charge in [0.2, 0.25) is 0 Å². The van der Waals surface area contributed by atoms with Crippen LogP contribution in [0, 0.1) is 0 Å². The molecule has 90 valence electrons. The third-order valence-electron chi connectivity index (χ3n) is 2.34. The minimum atomic E-state index is -1.42. The average Bonchev–Trinajstić information content (AvgIpc) is 2.02. The Morgan fingerprint density at radius 2 is 1.13 bits per heavy atom. The molecule has 0 bridgehead atoms. The summed E-state index contributed by atoms with van der Waals surface area (Å²) in [4.78, 5) is 0. The van der Waals surface area contributed by atoms with E-state index in [9.17, 15) is 0 Å². The minimum Gasteiger partial charge on any atom is -0.435 e. The Labute approximate surface area is 100 Å². The summed E-state index contributed by atoms with van der Waals surface area (Å²) in [5, 5.41) is 0. The van der Waals surface area contributed by atoms with E-state index in [1.54, 1.807) is 0 Å². The van der Waals surface area contributed by atoms with Crippen LogP contribution in [-0.4, -0.2) is 26.6 Å². The zero-order chi connectivity index (χ0) is 11.9. The molecule has 5 heteroatoms. The van der Waals surface area contributed by atoms with E-state index in [1.165, 1.54) is 24.9 Å². The molecular formula is C10H26O2Si3. The Balaban J connectivity index is 3.77. The van der Waals surface area contributed by atoms with Gasteiger partial charge in [-0.3, -0.25) is 0 Å². The monoisotopic (exact) mass is 262 g/mol. The van der Waals surface area contributed by atoms with Gasteiger partial charge in [0.05, 0.1) is 0 Å². The summed E-state index contributed by atoms with van der Waals surface area (Å²) >= 11 is 0. The molecular weight excluding hydrogens is 236 g/mol. The summed E-state index contributed by atoms with van der Waals surface area (Å²) in [7, 11) is -2.55. The first-order valence-corrected chi connectivity index (χ1v) is 13.0. The Bertz CT molecular complexity index is 154. The van der Waals surface area contributed by atoms with E-state index in [0.717, 1.165) is 0 Å². The molecule has 0 saturated carbocycles. The van der Waals surface area contributed by atoms with E-state index in [1.807, 2.05) is 0 Å². The lowest BCUT2D eigenvalue weighted by Crippen LogP contribution is -2.38. The number of hydrogen-bond donors (Lipinski definition) is 0. The van der Waals surface area contributed by atoms with Crippen LogP contribution in [0.2, 0.25) is 38.3 Å². The van der Waals surface area contributed by atoms with Crippen LogP contribution in [0.5, 0.6) is 0 Å². The predicted octanol–water partition coefficient (Wildman–Crippen LogP) is 3.78. The first-order valence-electron chi connectivity index (χ1n) is 5.94. The van der Waals surface area contributed by atoms with Crippen molar-refractivity contribution in [3.8, 4) is 0 Å². The van der Waals surface area contributed by atoms with Crippen molar-refractivity contribution in [2.45, 2.75) is 65.0 Å². The molecule has 15 heavy (non-hydrogen) atoms. The second-order valence-electron chi connectivity index (χ2n) is 5.31. The van der Waals surface area contributed by atoms with E-state index < -0.39 is 16.6 Å². The van der Waals surface area contributed by atoms with Gasteiger partial charge in [-0.2, -0.15) is 0 Å². The second-order valence-corrected chi connectivity index (χ2v) is 15.1. The standard InChI is InChI=1S/C10H26O2Si3/c1-7-9-14(3,4)11-13-12-15(5,6)10-8-2/h7-10H2,1-6H3. The fourth-order valence-corrected chi connectivity index (χ4v) is 7.12. The predicted molar refractivity (Wildman–Crippen MR) is 73.1 cm³/mol. The van der Waals surface area contributed by atoms with Crippen molar-refractivity contribution >= 4 is 26.6 Å². The summed E-state index contributed by atoms with van der Waals surface area (Å²) < 4.78 is 11.9. The maximum absolute atomic E-state index is 5.93. The van der Waals surface area contributed by atoms with Gasteiger partial charge in [-0.05, 0) is 38.3 Å². The Morgan fingerprint density at radius 1 is 0.800 bits per heavy atom. The molecule has 0 spiro atoms. The molecule has 0 aromatic rings. The first-order chi connectivity index (χ1) is 6.83. The summed E-state index contributed by atoms with van der Waals surface area (Å²) in [6.07, 6.45) is 2.44. The van der Waals surface area contributed by atoms with Crippen LogP contribution in [0.3, 0.4) is 0 Å². The Kier molecular flexibility index (Phi) is 7.27. The molecule has 0 unspecified atom stereocenters. The Hall–Kier alpha value is 0.571. The van der Waals surface area contributed by atoms with E-state index in [0.29, 0.717) is 0 Å². The van der Waals surface area contributed by atoms with Crippen molar-refractivity contribution < 1.29 is 8.23 Å². The quantitative estimate of drug-likeness (QED) is 0.620. The molecule has 0 aromatic heterocycles. The summed E-state index contributed by atoms with van der Waals surface area (Å²) in [6, 6.07) is 2.47. The van der Waals surface area contributed by atoms with Crippen molar-refractivity contribution in [2.24, 2.45) is 0 Å². The van der Waals surface area contributed by atoms with Crippen molar-refractivity contribution in [2.75, 3.05) is 0 Å². The number of hydrogen-bond acceptors (Lipinski definition) is 2. The van der Waals surface area contributed by atoms with Crippen molar-refractivity contribution in [3.63, 3.8) is 0 Å². The van der Waals surface area contributed by atoms with Gasteiger partial charge in [0.25, 0.3) is 0 Å². The number of rotatable bonds is 8. The van der Waals surface area contributed by atoms with Crippen LogP contribution in [0.15, 0.2) is 0 Å². The highest BCUT2D eigenvalue weighted by atomic mass is 28.4. The van der Waals surface area contributed by atoms with Gasteiger partial charge < -0.3 is 8.23 Å². The van der Waals surface area contributed by atoms with E-state index in [-0.39, 0.29) is 10.0 Å².